The molecule has 0 heterocycles. The lowest BCUT2D eigenvalue weighted by molar-refractivity contribution is -0.138. The van der Waals surface area contributed by atoms with Gasteiger partial charge >= 0.3 is 5.97 Å². The number of nitrogens with one attached hydrogen (secondary N) is 4. The number of hydrogen-bond donors (Lipinski definition) is 5. The molecule has 5 N–H and O–H groups in total. The Morgan fingerprint density at radius 2 is 1.38 bits per heavy atom. The van der Waals surface area contributed by atoms with E-state index in [-0.39, 0.29) is 24.3 Å². The molecule has 2 atom stereocenters. The van der Waals surface area contributed by atoms with Crippen LogP contribution in [0.2, 0.25) is 0 Å². The van der Waals surface area contributed by atoms with Gasteiger partial charge in [-0.15, -0.1) is 0 Å². The Morgan fingerprint density at radius 1 is 0.812 bits per heavy atom. The van der Waals surface area contributed by atoms with Crippen LogP contribution in [-0.2, 0) is 25.7 Å². The molecule has 9 heteroatoms. The molecule has 0 radical (unpaired) electrons. The molecule has 1 aromatic rings. The fourth-order valence-corrected chi connectivity index (χ4v) is 3.13. The summed E-state index contributed by atoms with van der Waals surface area (Å²) >= 11 is 0. The molecule has 178 valence electrons. The quantitative estimate of drug-likeness (QED) is 0.288. The van der Waals surface area contributed by atoms with Gasteiger partial charge in [-0.25, -0.2) is 0 Å². The van der Waals surface area contributed by atoms with Gasteiger partial charge in [0.1, 0.15) is 18.6 Å². The number of aliphatic carboxylic acids is 1. The highest BCUT2D eigenvalue weighted by Crippen LogP contribution is 2.09. The van der Waals surface area contributed by atoms with E-state index in [1.807, 2.05) is 58.0 Å². The lowest BCUT2D eigenvalue weighted by Gasteiger charge is -2.25. The summed E-state index contributed by atoms with van der Waals surface area (Å²) < 4.78 is 0. The van der Waals surface area contributed by atoms with Gasteiger partial charge in [0.15, 0.2) is 0 Å². The zero-order valence-electron chi connectivity index (χ0n) is 19.3. The first-order chi connectivity index (χ1) is 15.1. The first-order valence-corrected chi connectivity index (χ1v) is 10.9. The molecule has 0 fully saturated rings. The van der Waals surface area contributed by atoms with Gasteiger partial charge in [0.2, 0.25) is 17.7 Å². The van der Waals surface area contributed by atoms with Crippen molar-refractivity contribution >= 4 is 23.7 Å². The van der Waals surface area contributed by atoms with E-state index in [2.05, 4.69) is 21.3 Å². The minimum atomic E-state index is -1.17. The SMILES string of the molecule is CC(C)C[C@H](NC(=O)CNCc1ccccc1)C(=O)N[C@@H](CC(C)C)C(=O)NCC(=O)O. The molecule has 0 aliphatic carbocycles. The molecular weight excluding hydrogens is 412 g/mol. The molecule has 32 heavy (non-hydrogen) atoms. The summed E-state index contributed by atoms with van der Waals surface area (Å²) in [5.41, 5.74) is 1.04. The van der Waals surface area contributed by atoms with Gasteiger partial charge in [-0.05, 0) is 30.2 Å². The third-order valence-corrected chi connectivity index (χ3v) is 4.57. The van der Waals surface area contributed by atoms with E-state index >= 15 is 0 Å². The molecule has 0 aromatic heterocycles. The average Bonchev–Trinajstić information content (AvgIpc) is 2.71. The molecule has 3 amide bonds. The van der Waals surface area contributed by atoms with Crippen LogP contribution in [0.25, 0.3) is 0 Å². The average molecular weight is 449 g/mol. The second kappa shape index (κ2) is 14.2. The number of hydrogen-bond acceptors (Lipinski definition) is 5. The first kappa shape index (κ1) is 27.1. The van der Waals surface area contributed by atoms with Crippen LogP contribution >= 0.6 is 0 Å². The van der Waals surface area contributed by atoms with Crippen molar-refractivity contribution < 1.29 is 24.3 Å². The van der Waals surface area contributed by atoms with Crippen LogP contribution in [0.5, 0.6) is 0 Å². The highest BCUT2D eigenvalue weighted by molar-refractivity contribution is 5.93. The number of carboxylic acids is 1. The monoisotopic (exact) mass is 448 g/mol. The Morgan fingerprint density at radius 3 is 1.91 bits per heavy atom. The second-order valence-electron chi connectivity index (χ2n) is 8.64. The maximum Gasteiger partial charge on any atom is 0.322 e. The van der Waals surface area contributed by atoms with Gasteiger partial charge in [0.25, 0.3) is 0 Å². The van der Waals surface area contributed by atoms with Crippen LogP contribution in [0, 0.1) is 11.8 Å². The van der Waals surface area contributed by atoms with E-state index < -0.39 is 36.4 Å². The van der Waals surface area contributed by atoms with Crippen LogP contribution in [-0.4, -0.2) is 54.0 Å². The lowest BCUT2D eigenvalue weighted by Crippen LogP contribution is -2.55. The summed E-state index contributed by atoms with van der Waals surface area (Å²) in [5.74, 6) is -2.29. The summed E-state index contributed by atoms with van der Waals surface area (Å²) in [6.45, 7) is 7.71. The molecular formula is C23H36N4O5. The van der Waals surface area contributed by atoms with Crippen molar-refractivity contribution in [3.8, 4) is 0 Å². The zero-order chi connectivity index (χ0) is 24.1. The van der Waals surface area contributed by atoms with Crippen molar-refractivity contribution in [1.29, 1.82) is 0 Å². The third kappa shape index (κ3) is 11.5. The van der Waals surface area contributed by atoms with Crippen molar-refractivity contribution in [2.75, 3.05) is 13.1 Å². The van der Waals surface area contributed by atoms with Gasteiger partial charge in [-0.2, -0.15) is 0 Å². The molecule has 0 aliphatic heterocycles. The summed E-state index contributed by atoms with van der Waals surface area (Å²) in [6.07, 6.45) is 0.750. The summed E-state index contributed by atoms with van der Waals surface area (Å²) in [6, 6.07) is 7.96. The summed E-state index contributed by atoms with van der Waals surface area (Å²) in [7, 11) is 0. The Bertz CT molecular complexity index is 752. The summed E-state index contributed by atoms with van der Waals surface area (Å²) in [4.78, 5) is 48.4. The molecule has 0 unspecified atom stereocenters. The standard InChI is InChI=1S/C23H36N4O5/c1-15(2)10-18(22(31)25-14-21(29)30)27-23(32)19(11-16(3)4)26-20(28)13-24-12-17-8-6-5-7-9-17/h5-9,15-16,18-19,24H,10-14H2,1-4H3,(H,25,31)(H,26,28)(H,27,32)(H,29,30)/t18-,19-/m0/s1. The Balaban J connectivity index is 2.71. The van der Waals surface area contributed by atoms with Crippen molar-refractivity contribution in [2.24, 2.45) is 11.8 Å². The number of carboxylic acid groups (broad SMARTS) is 1. The lowest BCUT2D eigenvalue weighted by atomic mass is 10.00. The van der Waals surface area contributed by atoms with Crippen LogP contribution in [0.1, 0.15) is 46.1 Å². The number of amides is 3. The topological polar surface area (TPSA) is 137 Å². The van der Waals surface area contributed by atoms with E-state index in [4.69, 9.17) is 5.11 Å². The van der Waals surface area contributed by atoms with E-state index in [0.29, 0.717) is 19.4 Å². The Hall–Kier alpha value is -2.94. The summed E-state index contributed by atoms with van der Waals surface area (Å²) in [5, 5.41) is 19.6. The fourth-order valence-electron chi connectivity index (χ4n) is 3.13. The van der Waals surface area contributed by atoms with Gasteiger partial charge in [0, 0.05) is 6.54 Å². The molecule has 0 aliphatic rings. The largest absolute Gasteiger partial charge is 0.480 e. The zero-order valence-corrected chi connectivity index (χ0v) is 19.3. The molecule has 0 spiro atoms. The molecule has 0 saturated carbocycles. The maximum absolute atomic E-state index is 12.9. The minimum absolute atomic E-state index is 0.0469. The molecule has 0 bridgehead atoms. The van der Waals surface area contributed by atoms with Crippen molar-refractivity contribution in [1.82, 2.24) is 21.3 Å². The van der Waals surface area contributed by atoms with E-state index in [1.165, 1.54) is 0 Å². The number of benzene rings is 1. The minimum Gasteiger partial charge on any atom is -0.480 e. The van der Waals surface area contributed by atoms with Crippen LogP contribution in [0.4, 0.5) is 0 Å². The van der Waals surface area contributed by atoms with Crippen molar-refractivity contribution in [3.05, 3.63) is 35.9 Å². The smallest absolute Gasteiger partial charge is 0.322 e. The Labute approximate surface area is 189 Å². The van der Waals surface area contributed by atoms with Gasteiger partial charge in [-0.3, -0.25) is 19.2 Å². The maximum atomic E-state index is 12.9. The normalized spacial score (nSPS) is 12.8. The number of carbonyl (C=O) groups is 4. The molecule has 0 saturated heterocycles. The third-order valence-electron chi connectivity index (χ3n) is 4.57. The van der Waals surface area contributed by atoms with Crippen LogP contribution in [0.15, 0.2) is 30.3 Å². The molecule has 9 nitrogen and oxygen atoms in total. The van der Waals surface area contributed by atoms with E-state index in [9.17, 15) is 19.2 Å². The van der Waals surface area contributed by atoms with E-state index in [0.717, 1.165) is 5.56 Å². The Kier molecular flexibility index (Phi) is 12.0. The highest BCUT2D eigenvalue weighted by atomic mass is 16.4. The van der Waals surface area contributed by atoms with Gasteiger partial charge in [-0.1, -0.05) is 58.0 Å². The number of carbonyl (C=O) groups excluding carboxylic acids is 3. The van der Waals surface area contributed by atoms with Crippen molar-refractivity contribution in [3.63, 3.8) is 0 Å². The number of rotatable bonds is 14. The highest BCUT2D eigenvalue weighted by Gasteiger charge is 2.28. The predicted octanol–water partition coefficient (Wildman–Crippen LogP) is 1.04. The van der Waals surface area contributed by atoms with Crippen LogP contribution < -0.4 is 21.3 Å². The van der Waals surface area contributed by atoms with Crippen molar-refractivity contribution in [2.45, 2.75) is 59.2 Å². The van der Waals surface area contributed by atoms with Crippen LogP contribution in [0.3, 0.4) is 0 Å². The first-order valence-electron chi connectivity index (χ1n) is 10.9. The molecule has 1 aromatic carbocycles. The van der Waals surface area contributed by atoms with E-state index in [1.54, 1.807) is 0 Å². The second-order valence-corrected chi connectivity index (χ2v) is 8.64. The van der Waals surface area contributed by atoms with Gasteiger partial charge in [0.05, 0.1) is 6.54 Å². The van der Waals surface area contributed by atoms with Gasteiger partial charge < -0.3 is 26.4 Å². The predicted molar refractivity (Wildman–Crippen MR) is 122 cm³/mol. The molecule has 1 rings (SSSR count). The fraction of sp³-hybridized carbons (Fsp3) is 0.565.